The Morgan fingerprint density at radius 2 is 1.88 bits per heavy atom. The van der Waals surface area contributed by atoms with Crippen LogP contribution in [0, 0.1) is 5.92 Å². The number of hydrogen-bond donors (Lipinski definition) is 1. The number of rotatable bonds is 8. The Labute approximate surface area is 103 Å². The first-order valence-electron chi connectivity index (χ1n) is 6.01. The van der Waals surface area contributed by atoms with Crippen molar-refractivity contribution in [3.63, 3.8) is 0 Å². The number of aliphatic carboxylic acids is 1. The molecule has 0 atom stereocenters. The fraction of sp³-hybridized carbons (Fsp3) is 0.692. The molecule has 0 aliphatic heterocycles. The summed E-state index contributed by atoms with van der Waals surface area (Å²) in [5, 5.41) is 8.44. The molecule has 0 spiro atoms. The molecule has 0 amide bonds. The van der Waals surface area contributed by atoms with Crippen LogP contribution in [-0.4, -0.2) is 23.7 Å². The molecule has 0 rings (SSSR count). The van der Waals surface area contributed by atoms with Crippen LogP contribution in [0.25, 0.3) is 0 Å². The summed E-state index contributed by atoms with van der Waals surface area (Å²) in [6, 6.07) is 0. The Morgan fingerprint density at radius 3 is 2.41 bits per heavy atom. The van der Waals surface area contributed by atoms with E-state index in [0.717, 1.165) is 25.3 Å². The maximum Gasteiger partial charge on any atom is 0.333 e. The van der Waals surface area contributed by atoms with Gasteiger partial charge in [0.05, 0.1) is 6.61 Å². The van der Waals surface area contributed by atoms with Crippen LogP contribution in [0.5, 0.6) is 0 Å². The normalized spacial score (nSPS) is 11.6. The molecular formula is C13H22O4. The molecule has 17 heavy (non-hydrogen) atoms. The van der Waals surface area contributed by atoms with Gasteiger partial charge in [-0.15, -0.1) is 0 Å². The summed E-state index contributed by atoms with van der Waals surface area (Å²) in [5.41, 5.74) is 0.125. The van der Waals surface area contributed by atoms with Gasteiger partial charge >= 0.3 is 11.9 Å². The minimum Gasteiger partial charge on any atom is -0.478 e. The van der Waals surface area contributed by atoms with Crippen molar-refractivity contribution in [2.24, 2.45) is 5.92 Å². The average Bonchev–Trinajstić information content (AvgIpc) is 2.21. The van der Waals surface area contributed by atoms with Crippen molar-refractivity contribution in [1.29, 1.82) is 0 Å². The predicted molar refractivity (Wildman–Crippen MR) is 65.7 cm³/mol. The average molecular weight is 242 g/mol. The molecule has 1 N–H and O–H groups in total. The van der Waals surface area contributed by atoms with Gasteiger partial charge in [-0.1, -0.05) is 33.1 Å². The van der Waals surface area contributed by atoms with Crippen molar-refractivity contribution in [1.82, 2.24) is 0 Å². The van der Waals surface area contributed by atoms with E-state index in [1.54, 1.807) is 0 Å². The maximum absolute atomic E-state index is 11.3. The molecule has 0 bridgehead atoms. The molecule has 0 radical (unpaired) electrons. The molecule has 0 aromatic heterocycles. The number of carboxylic acid groups (broad SMARTS) is 1. The third kappa shape index (κ3) is 9.60. The van der Waals surface area contributed by atoms with E-state index in [2.05, 4.69) is 13.8 Å². The van der Waals surface area contributed by atoms with Gasteiger partial charge in [0.1, 0.15) is 0 Å². The van der Waals surface area contributed by atoms with Gasteiger partial charge in [0.2, 0.25) is 0 Å². The lowest BCUT2D eigenvalue weighted by molar-refractivity contribution is -0.140. The summed E-state index contributed by atoms with van der Waals surface area (Å²) < 4.78 is 4.94. The molecule has 0 aliphatic rings. The summed E-state index contributed by atoms with van der Waals surface area (Å²) in [6.07, 6.45) is 5.05. The monoisotopic (exact) mass is 242 g/mol. The van der Waals surface area contributed by atoms with E-state index in [9.17, 15) is 9.59 Å². The van der Waals surface area contributed by atoms with Gasteiger partial charge in [-0.25, -0.2) is 9.59 Å². The minimum absolute atomic E-state index is 0.125. The lowest BCUT2D eigenvalue weighted by Crippen LogP contribution is -2.08. The SMILES string of the molecule is C/C(=C/C(=O)O)C(=O)OCCCCCC(C)C. The topological polar surface area (TPSA) is 63.6 Å². The quantitative estimate of drug-likeness (QED) is 0.404. The van der Waals surface area contributed by atoms with E-state index in [-0.39, 0.29) is 5.57 Å². The smallest absolute Gasteiger partial charge is 0.333 e. The molecule has 4 nitrogen and oxygen atoms in total. The number of carbonyl (C=O) groups is 2. The first-order valence-corrected chi connectivity index (χ1v) is 6.01. The number of esters is 1. The highest BCUT2D eigenvalue weighted by Crippen LogP contribution is 2.08. The van der Waals surface area contributed by atoms with E-state index in [0.29, 0.717) is 12.5 Å². The van der Waals surface area contributed by atoms with Crippen LogP contribution in [0.2, 0.25) is 0 Å². The Kier molecular flexibility index (Phi) is 8.11. The minimum atomic E-state index is -1.13. The molecule has 0 heterocycles. The lowest BCUT2D eigenvalue weighted by atomic mass is 10.1. The summed E-state index contributed by atoms with van der Waals surface area (Å²) in [6.45, 7) is 6.16. The second-order valence-electron chi connectivity index (χ2n) is 4.54. The fourth-order valence-electron chi connectivity index (χ4n) is 1.35. The van der Waals surface area contributed by atoms with E-state index in [1.165, 1.54) is 13.3 Å². The van der Waals surface area contributed by atoms with Crippen LogP contribution in [0.3, 0.4) is 0 Å². The van der Waals surface area contributed by atoms with Gasteiger partial charge in [-0.05, 0) is 19.3 Å². The van der Waals surface area contributed by atoms with Gasteiger partial charge in [0.25, 0.3) is 0 Å². The number of ether oxygens (including phenoxy) is 1. The first-order chi connectivity index (χ1) is 7.93. The summed E-state index contributed by atoms with van der Waals surface area (Å²) >= 11 is 0. The number of unbranched alkanes of at least 4 members (excludes halogenated alkanes) is 2. The lowest BCUT2D eigenvalue weighted by Gasteiger charge is -2.06. The molecule has 98 valence electrons. The first kappa shape index (κ1) is 15.7. The van der Waals surface area contributed by atoms with Crippen molar-refractivity contribution in [3.05, 3.63) is 11.6 Å². The molecule has 0 saturated heterocycles. The number of carboxylic acids is 1. The highest BCUT2D eigenvalue weighted by molar-refractivity contribution is 5.95. The van der Waals surface area contributed by atoms with Crippen LogP contribution < -0.4 is 0 Å². The molecular weight excluding hydrogens is 220 g/mol. The summed E-state index contributed by atoms with van der Waals surface area (Å²) in [7, 11) is 0. The zero-order valence-electron chi connectivity index (χ0n) is 10.9. The standard InChI is InChI=1S/C13H22O4/c1-10(2)7-5-4-6-8-17-13(16)11(3)9-12(14)15/h9-10H,4-8H2,1-3H3,(H,14,15)/b11-9-. The third-order valence-corrected chi connectivity index (χ3v) is 2.32. The Bertz CT molecular complexity index is 279. The molecule has 0 aromatic carbocycles. The largest absolute Gasteiger partial charge is 0.478 e. The molecule has 0 fully saturated rings. The molecule has 0 saturated carbocycles. The van der Waals surface area contributed by atoms with Gasteiger partial charge in [0, 0.05) is 11.6 Å². The van der Waals surface area contributed by atoms with Crippen molar-refractivity contribution in [2.75, 3.05) is 6.61 Å². The van der Waals surface area contributed by atoms with Crippen LogP contribution in [0.15, 0.2) is 11.6 Å². The van der Waals surface area contributed by atoms with Crippen molar-refractivity contribution in [2.45, 2.75) is 46.5 Å². The van der Waals surface area contributed by atoms with E-state index >= 15 is 0 Å². The summed E-state index contributed by atoms with van der Waals surface area (Å²) in [4.78, 5) is 21.6. The van der Waals surface area contributed by atoms with Crippen LogP contribution >= 0.6 is 0 Å². The fourth-order valence-corrected chi connectivity index (χ4v) is 1.35. The van der Waals surface area contributed by atoms with Crippen LogP contribution in [0.1, 0.15) is 46.5 Å². The zero-order valence-corrected chi connectivity index (χ0v) is 10.9. The van der Waals surface area contributed by atoms with E-state index in [4.69, 9.17) is 9.84 Å². The van der Waals surface area contributed by atoms with E-state index in [1.807, 2.05) is 0 Å². The highest BCUT2D eigenvalue weighted by atomic mass is 16.5. The predicted octanol–water partition coefficient (Wildman–Crippen LogP) is 2.78. The molecule has 4 heteroatoms. The number of carbonyl (C=O) groups excluding carboxylic acids is 1. The number of hydrogen-bond acceptors (Lipinski definition) is 3. The Balaban J connectivity index is 3.62. The molecule has 0 unspecified atom stereocenters. The summed E-state index contributed by atoms with van der Waals surface area (Å²) in [5.74, 6) is -0.967. The van der Waals surface area contributed by atoms with Gasteiger partial charge in [0.15, 0.2) is 0 Å². The van der Waals surface area contributed by atoms with Gasteiger partial charge < -0.3 is 9.84 Å². The second kappa shape index (κ2) is 8.79. The Morgan fingerprint density at radius 1 is 1.24 bits per heavy atom. The van der Waals surface area contributed by atoms with Crippen molar-refractivity contribution < 1.29 is 19.4 Å². The third-order valence-electron chi connectivity index (χ3n) is 2.32. The maximum atomic E-state index is 11.3. The van der Waals surface area contributed by atoms with Crippen molar-refractivity contribution in [3.8, 4) is 0 Å². The second-order valence-corrected chi connectivity index (χ2v) is 4.54. The molecule has 0 aromatic rings. The van der Waals surface area contributed by atoms with Crippen LogP contribution in [0.4, 0.5) is 0 Å². The van der Waals surface area contributed by atoms with Gasteiger partial charge in [-0.3, -0.25) is 0 Å². The van der Waals surface area contributed by atoms with Crippen molar-refractivity contribution >= 4 is 11.9 Å². The molecule has 0 aliphatic carbocycles. The van der Waals surface area contributed by atoms with Gasteiger partial charge in [-0.2, -0.15) is 0 Å². The Hall–Kier alpha value is -1.32. The van der Waals surface area contributed by atoms with E-state index < -0.39 is 11.9 Å². The zero-order chi connectivity index (χ0) is 13.3. The highest BCUT2D eigenvalue weighted by Gasteiger charge is 2.06. The van der Waals surface area contributed by atoms with Crippen LogP contribution in [-0.2, 0) is 14.3 Å².